The minimum atomic E-state index is -0.322. The van der Waals surface area contributed by atoms with E-state index in [0.29, 0.717) is 10.7 Å². The first-order chi connectivity index (χ1) is 14.7. The zero-order chi connectivity index (χ0) is 20.5. The van der Waals surface area contributed by atoms with Crippen LogP contribution in [0.2, 0.25) is 5.02 Å². The predicted molar refractivity (Wildman–Crippen MR) is 122 cm³/mol. The summed E-state index contributed by atoms with van der Waals surface area (Å²) in [7, 11) is 0. The molecule has 0 aliphatic heterocycles. The maximum atomic E-state index is 13.0. The largest absolute Gasteiger partial charge is 0.361 e. The number of halogens is 1. The molecule has 0 aliphatic carbocycles. The average Bonchev–Trinajstić information content (AvgIpc) is 3.36. The number of rotatable bonds is 4. The zero-order valence-electron chi connectivity index (χ0n) is 15.8. The van der Waals surface area contributed by atoms with Crippen LogP contribution >= 0.6 is 11.6 Å². The molecule has 5 rings (SSSR count). The summed E-state index contributed by atoms with van der Waals surface area (Å²) >= 11 is 6.21. The smallest absolute Gasteiger partial charge is 0.288 e. The van der Waals surface area contributed by atoms with Crippen LogP contribution in [0.4, 0.5) is 0 Å². The predicted octanol–water partition coefficient (Wildman–Crippen LogP) is 5.73. The van der Waals surface area contributed by atoms with Crippen LogP contribution in [0.1, 0.15) is 16.1 Å². The van der Waals surface area contributed by atoms with Crippen LogP contribution in [0, 0.1) is 0 Å². The maximum Gasteiger partial charge on any atom is 0.288 e. The Hall–Kier alpha value is -3.83. The van der Waals surface area contributed by atoms with Crippen molar-refractivity contribution in [2.24, 2.45) is 5.10 Å². The van der Waals surface area contributed by atoms with Gasteiger partial charge in [0.15, 0.2) is 0 Å². The second-order valence-electron chi connectivity index (χ2n) is 6.92. The topological polar surface area (TPSA) is 73.0 Å². The van der Waals surface area contributed by atoms with Crippen LogP contribution < -0.4 is 5.43 Å². The fraction of sp³-hybridized carbons (Fsp3) is 0. The Morgan fingerprint density at radius 3 is 2.60 bits per heavy atom. The van der Waals surface area contributed by atoms with E-state index < -0.39 is 0 Å². The van der Waals surface area contributed by atoms with Crippen molar-refractivity contribution in [3.8, 4) is 11.1 Å². The van der Waals surface area contributed by atoms with Gasteiger partial charge in [-0.2, -0.15) is 5.10 Å². The van der Waals surface area contributed by atoms with Gasteiger partial charge in [0, 0.05) is 44.2 Å². The summed E-state index contributed by atoms with van der Waals surface area (Å²) in [6.07, 6.45) is 3.50. The highest BCUT2D eigenvalue weighted by Gasteiger charge is 2.19. The number of nitrogens with one attached hydrogen (secondary N) is 3. The van der Waals surface area contributed by atoms with Crippen LogP contribution in [0.15, 0.2) is 84.1 Å². The third kappa shape index (κ3) is 3.25. The lowest BCUT2D eigenvalue weighted by Gasteiger charge is -2.04. The molecule has 30 heavy (non-hydrogen) atoms. The standard InChI is InChI=1S/C24H17ClN4O/c25-17-10-11-21-19(12-17)22(15-6-2-1-3-7-15)23(28-21)24(30)29-27-14-16-13-26-20-9-5-4-8-18(16)20/h1-14,26,28H,(H,29,30). The van der Waals surface area contributed by atoms with Gasteiger partial charge in [-0.25, -0.2) is 5.43 Å². The van der Waals surface area contributed by atoms with E-state index in [0.717, 1.165) is 38.5 Å². The van der Waals surface area contributed by atoms with Crippen LogP contribution in [-0.4, -0.2) is 22.1 Å². The number of amides is 1. The first kappa shape index (κ1) is 18.2. The molecule has 0 fully saturated rings. The summed E-state index contributed by atoms with van der Waals surface area (Å²) in [5.74, 6) is -0.322. The molecule has 0 radical (unpaired) electrons. The fourth-order valence-corrected chi connectivity index (χ4v) is 3.83. The van der Waals surface area contributed by atoms with Gasteiger partial charge in [0.1, 0.15) is 5.69 Å². The molecule has 1 amide bonds. The summed E-state index contributed by atoms with van der Waals surface area (Å²) in [6, 6.07) is 23.2. The highest BCUT2D eigenvalue weighted by molar-refractivity contribution is 6.31. The molecular formula is C24H17ClN4O. The summed E-state index contributed by atoms with van der Waals surface area (Å²) in [6.45, 7) is 0. The van der Waals surface area contributed by atoms with E-state index in [9.17, 15) is 4.79 Å². The van der Waals surface area contributed by atoms with Crippen molar-refractivity contribution in [1.82, 2.24) is 15.4 Å². The SMILES string of the molecule is O=C(NN=Cc1c[nH]c2ccccc12)c1[nH]c2ccc(Cl)cc2c1-c1ccccc1. The van der Waals surface area contributed by atoms with E-state index in [1.54, 1.807) is 12.3 Å². The lowest BCUT2D eigenvalue weighted by Crippen LogP contribution is -2.18. The summed E-state index contributed by atoms with van der Waals surface area (Å²) < 4.78 is 0. The minimum absolute atomic E-state index is 0.322. The number of carbonyl (C=O) groups is 1. The van der Waals surface area contributed by atoms with E-state index in [1.807, 2.05) is 72.9 Å². The molecule has 3 aromatic carbocycles. The number of para-hydroxylation sites is 1. The van der Waals surface area contributed by atoms with Gasteiger partial charge < -0.3 is 9.97 Å². The first-order valence-corrected chi connectivity index (χ1v) is 9.84. The van der Waals surface area contributed by atoms with Crippen molar-refractivity contribution in [1.29, 1.82) is 0 Å². The Morgan fingerprint density at radius 1 is 0.933 bits per heavy atom. The summed E-state index contributed by atoms with van der Waals surface area (Å²) in [5.41, 5.74) is 7.56. The van der Waals surface area contributed by atoms with Crippen molar-refractivity contribution in [2.75, 3.05) is 0 Å². The van der Waals surface area contributed by atoms with Gasteiger partial charge in [-0.05, 0) is 29.8 Å². The zero-order valence-corrected chi connectivity index (χ0v) is 16.6. The molecular weight excluding hydrogens is 396 g/mol. The molecule has 2 aromatic heterocycles. The second kappa shape index (κ2) is 7.54. The van der Waals surface area contributed by atoms with Gasteiger partial charge in [0.25, 0.3) is 5.91 Å². The molecule has 6 heteroatoms. The summed E-state index contributed by atoms with van der Waals surface area (Å²) in [5, 5.41) is 6.72. The first-order valence-electron chi connectivity index (χ1n) is 9.47. The molecule has 2 heterocycles. The van der Waals surface area contributed by atoms with Crippen LogP contribution in [-0.2, 0) is 0 Å². The third-order valence-corrected chi connectivity index (χ3v) is 5.28. The average molecular weight is 413 g/mol. The van der Waals surface area contributed by atoms with Crippen molar-refractivity contribution < 1.29 is 4.79 Å². The normalized spacial score (nSPS) is 11.5. The molecule has 0 saturated carbocycles. The molecule has 0 unspecified atom stereocenters. The second-order valence-corrected chi connectivity index (χ2v) is 7.36. The van der Waals surface area contributed by atoms with Crippen molar-refractivity contribution in [3.05, 3.63) is 95.3 Å². The Labute approximate surface area is 177 Å². The van der Waals surface area contributed by atoms with E-state index >= 15 is 0 Å². The number of hydrogen-bond donors (Lipinski definition) is 3. The number of carbonyl (C=O) groups excluding carboxylic acids is 1. The number of H-pyrrole nitrogens is 2. The van der Waals surface area contributed by atoms with E-state index in [-0.39, 0.29) is 5.91 Å². The van der Waals surface area contributed by atoms with Crippen molar-refractivity contribution in [3.63, 3.8) is 0 Å². The van der Waals surface area contributed by atoms with Crippen LogP contribution in [0.3, 0.4) is 0 Å². The molecule has 0 saturated heterocycles. The number of benzene rings is 3. The molecule has 5 aromatic rings. The van der Waals surface area contributed by atoms with Gasteiger partial charge in [-0.15, -0.1) is 0 Å². The molecule has 3 N–H and O–H groups in total. The quantitative estimate of drug-likeness (QED) is 0.256. The minimum Gasteiger partial charge on any atom is -0.361 e. The van der Waals surface area contributed by atoms with Crippen LogP contribution in [0.25, 0.3) is 32.9 Å². The Kier molecular flexibility index (Phi) is 4.58. The molecule has 0 atom stereocenters. The van der Waals surface area contributed by atoms with Gasteiger partial charge >= 0.3 is 0 Å². The number of aromatic amines is 2. The monoisotopic (exact) mass is 412 g/mol. The van der Waals surface area contributed by atoms with Gasteiger partial charge in [0.2, 0.25) is 0 Å². The third-order valence-electron chi connectivity index (χ3n) is 5.04. The van der Waals surface area contributed by atoms with Crippen molar-refractivity contribution >= 4 is 45.5 Å². The Balaban J connectivity index is 1.50. The van der Waals surface area contributed by atoms with Gasteiger partial charge in [-0.3, -0.25) is 4.79 Å². The number of fused-ring (bicyclic) bond motifs is 2. The molecule has 146 valence electrons. The Bertz CT molecular complexity index is 1400. The fourth-order valence-electron chi connectivity index (χ4n) is 3.66. The summed E-state index contributed by atoms with van der Waals surface area (Å²) in [4.78, 5) is 19.4. The van der Waals surface area contributed by atoms with Crippen molar-refractivity contribution in [2.45, 2.75) is 0 Å². The lowest BCUT2D eigenvalue weighted by molar-refractivity contribution is 0.0951. The molecule has 0 bridgehead atoms. The molecule has 0 spiro atoms. The number of hydrogen-bond acceptors (Lipinski definition) is 2. The highest BCUT2D eigenvalue weighted by Crippen LogP contribution is 2.34. The van der Waals surface area contributed by atoms with Crippen LogP contribution in [0.5, 0.6) is 0 Å². The molecule has 5 nitrogen and oxygen atoms in total. The van der Waals surface area contributed by atoms with Gasteiger partial charge in [-0.1, -0.05) is 60.1 Å². The van der Waals surface area contributed by atoms with Gasteiger partial charge in [0.05, 0.1) is 6.21 Å². The maximum absolute atomic E-state index is 13.0. The highest BCUT2D eigenvalue weighted by atomic mass is 35.5. The van der Waals surface area contributed by atoms with E-state index in [1.165, 1.54) is 0 Å². The molecule has 0 aliphatic rings. The Morgan fingerprint density at radius 2 is 1.73 bits per heavy atom. The van der Waals surface area contributed by atoms with E-state index in [2.05, 4.69) is 20.5 Å². The number of hydrazone groups is 1. The number of aromatic nitrogens is 2. The van der Waals surface area contributed by atoms with E-state index in [4.69, 9.17) is 11.6 Å². The lowest BCUT2D eigenvalue weighted by atomic mass is 10.0. The number of nitrogens with zero attached hydrogens (tertiary/aromatic N) is 1.